The van der Waals surface area contributed by atoms with Crippen LogP contribution in [0, 0.1) is 0 Å². The van der Waals surface area contributed by atoms with E-state index in [9.17, 15) is 4.79 Å². The molecule has 0 amide bonds. The molecule has 0 aliphatic rings. The van der Waals surface area contributed by atoms with E-state index in [0.717, 1.165) is 21.6 Å². The summed E-state index contributed by atoms with van der Waals surface area (Å²) in [6, 6.07) is 10.7. The fraction of sp³-hybridized carbons (Fsp3) is 0.150. The quantitative estimate of drug-likeness (QED) is 0.369. The second-order valence-corrected chi connectivity index (χ2v) is 6.66. The summed E-state index contributed by atoms with van der Waals surface area (Å²) < 4.78 is 12.0. The Labute approximate surface area is 160 Å². The van der Waals surface area contributed by atoms with E-state index in [1.807, 2.05) is 24.4 Å². The number of rotatable bonds is 6. The molecule has 2 heterocycles. The van der Waals surface area contributed by atoms with Crippen molar-refractivity contribution in [2.24, 2.45) is 10.1 Å². The van der Waals surface area contributed by atoms with Crippen LogP contribution >= 0.6 is 11.3 Å². The number of benzene rings is 1. The molecule has 0 saturated heterocycles. The van der Waals surface area contributed by atoms with Crippen molar-refractivity contribution in [3.63, 3.8) is 0 Å². The molecule has 0 saturated carbocycles. The second-order valence-electron chi connectivity index (χ2n) is 5.82. The van der Waals surface area contributed by atoms with Crippen LogP contribution in [0.25, 0.3) is 11.5 Å². The molecular weight excluding hydrogens is 362 g/mol. The van der Waals surface area contributed by atoms with Gasteiger partial charge in [0.05, 0.1) is 31.7 Å². The molecule has 7 heteroatoms. The molecule has 0 radical (unpaired) electrons. The van der Waals surface area contributed by atoms with Crippen molar-refractivity contribution in [3.8, 4) is 11.5 Å². The van der Waals surface area contributed by atoms with E-state index in [1.54, 1.807) is 41.4 Å². The van der Waals surface area contributed by atoms with Gasteiger partial charge in [0.1, 0.15) is 5.69 Å². The Balaban J connectivity index is 1.95. The van der Waals surface area contributed by atoms with Gasteiger partial charge in [0.2, 0.25) is 4.80 Å². The average molecular weight is 381 g/mol. The highest BCUT2D eigenvalue weighted by atomic mass is 32.1. The number of aromatic nitrogens is 1. The molecule has 0 unspecified atom stereocenters. The number of thiazole rings is 1. The Morgan fingerprint density at radius 3 is 2.74 bits per heavy atom. The van der Waals surface area contributed by atoms with Crippen molar-refractivity contribution in [1.82, 2.24) is 4.68 Å². The van der Waals surface area contributed by atoms with Gasteiger partial charge in [-0.05, 0) is 36.8 Å². The Morgan fingerprint density at radius 1 is 1.33 bits per heavy atom. The smallest absolute Gasteiger partial charge is 0.337 e. The third-order valence-electron chi connectivity index (χ3n) is 3.60. The van der Waals surface area contributed by atoms with Crippen LogP contribution < -0.4 is 4.80 Å². The predicted molar refractivity (Wildman–Crippen MR) is 106 cm³/mol. The first-order valence-electron chi connectivity index (χ1n) is 8.20. The van der Waals surface area contributed by atoms with E-state index in [0.29, 0.717) is 17.9 Å². The van der Waals surface area contributed by atoms with Crippen LogP contribution in [0.4, 0.5) is 0 Å². The molecule has 1 aromatic carbocycles. The lowest BCUT2D eigenvalue weighted by molar-refractivity contribution is 0.0600. The van der Waals surface area contributed by atoms with Crippen molar-refractivity contribution < 1.29 is 13.9 Å². The van der Waals surface area contributed by atoms with E-state index in [2.05, 4.69) is 16.7 Å². The van der Waals surface area contributed by atoms with E-state index in [4.69, 9.17) is 9.15 Å². The summed E-state index contributed by atoms with van der Waals surface area (Å²) in [4.78, 5) is 16.8. The predicted octanol–water partition coefficient (Wildman–Crippen LogP) is 3.96. The van der Waals surface area contributed by atoms with Gasteiger partial charge in [-0.1, -0.05) is 24.3 Å². The monoisotopic (exact) mass is 381 g/mol. The van der Waals surface area contributed by atoms with Crippen molar-refractivity contribution in [2.75, 3.05) is 13.7 Å². The molecule has 0 aliphatic heterocycles. The fourth-order valence-electron chi connectivity index (χ4n) is 2.26. The third kappa shape index (κ3) is 4.51. The minimum Gasteiger partial charge on any atom is -0.465 e. The summed E-state index contributed by atoms with van der Waals surface area (Å²) in [5.74, 6) is 0.341. The van der Waals surface area contributed by atoms with Gasteiger partial charge in [-0.3, -0.25) is 4.99 Å². The number of carbonyl (C=O) groups is 1. The lowest BCUT2D eigenvalue weighted by Crippen LogP contribution is -2.12. The molecule has 0 bridgehead atoms. The van der Waals surface area contributed by atoms with Crippen LogP contribution in [0.5, 0.6) is 0 Å². The van der Waals surface area contributed by atoms with E-state index >= 15 is 0 Å². The van der Waals surface area contributed by atoms with Crippen LogP contribution in [0.15, 0.2) is 74.7 Å². The first-order valence-corrected chi connectivity index (χ1v) is 9.08. The van der Waals surface area contributed by atoms with Gasteiger partial charge in [-0.2, -0.15) is 5.10 Å². The van der Waals surface area contributed by atoms with Gasteiger partial charge in [-0.25, -0.2) is 9.47 Å². The summed E-state index contributed by atoms with van der Waals surface area (Å²) in [7, 11) is 1.36. The first kappa shape index (κ1) is 18.6. The average Bonchev–Trinajstić information content (AvgIpc) is 3.33. The molecule has 0 aliphatic carbocycles. The van der Waals surface area contributed by atoms with Crippen LogP contribution in [0.1, 0.15) is 22.8 Å². The molecular formula is C20H19N3O3S. The molecule has 0 atom stereocenters. The molecule has 138 valence electrons. The molecule has 27 heavy (non-hydrogen) atoms. The fourth-order valence-corrected chi connectivity index (χ4v) is 3.08. The topological polar surface area (TPSA) is 69.1 Å². The van der Waals surface area contributed by atoms with Gasteiger partial charge in [0.25, 0.3) is 0 Å². The van der Waals surface area contributed by atoms with Crippen molar-refractivity contribution in [1.29, 1.82) is 0 Å². The highest BCUT2D eigenvalue weighted by Gasteiger charge is 2.10. The largest absolute Gasteiger partial charge is 0.465 e. The number of nitrogens with zero attached hydrogens (tertiary/aromatic N) is 3. The van der Waals surface area contributed by atoms with Crippen LogP contribution in [0.3, 0.4) is 0 Å². The van der Waals surface area contributed by atoms with Gasteiger partial charge in [-0.15, -0.1) is 11.3 Å². The van der Waals surface area contributed by atoms with E-state index < -0.39 is 0 Å². The van der Waals surface area contributed by atoms with Crippen molar-refractivity contribution in [3.05, 3.63) is 76.1 Å². The summed E-state index contributed by atoms with van der Waals surface area (Å²) >= 11 is 1.48. The number of esters is 1. The van der Waals surface area contributed by atoms with Gasteiger partial charge < -0.3 is 9.15 Å². The molecule has 0 spiro atoms. The standard InChI is InChI=1S/C20H19N3O3S/c1-14(2)11-21-20-23(17(13-27-20)18-5-4-10-26-18)22-12-15-6-8-16(9-7-15)19(24)25-3/h4-10,12-13H,1,11H2,2-3H3. The first-order chi connectivity index (χ1) is 13.1. The minimum atomic E-state index is -0.369. The highest BCUT2D eigenvalue weighted by molar-refractivity contribution is 7.07. The number of carbonyl (C=O) groups excluding carboxylic acids is 1. The molecule has 3 aromatic rings. The summed E-state index contributed by atoms with van der Waals surface area (Å²) in [6.45, 7) is 6.35. The number of hydrogen-bond donors (Lipinski definition) is 0. The zero-order valence-electron chi connectivity index (χ0n) is 15.1. The van der Waals surface area contributed by atoms with E-state index in [1.165, 1.54) is 18.4 Å². The Bertz CT molecular complexity index is 1030. The minimum absolute atomic E-state index is 0.369. The molecule has 2 aromatic heterocycles. The van der Waals surface area contributed by atoms with Crippen molar-refractivity contribution >= 4 is 23.5 Å². The van der Waals surface area contributed by atoms with Crippen LogP contribution in [0.2, 0.25) is 0 Å². The normalized spacial score (nSPS) is 11.9. The maximum absolute atomic E-state index is 11.5. The molecule has 3 rings (SSSR count). The SMILES string of the molecule is C=C(C)CN=c1scc(-c2ccco2)n1N=Cc1ccc(C(=O)OC)cc1. The summed E-state index contributed by atoms with van der Waals surface area (Å²) in [6.07, 6.45) is 3.33. The molecule has 0 N–H and O–H groups in total. The highest BCUT2D eigenvalue weighted by Crippen LogP contribution is 2.20. The Hall–Kier alpha value is -3.19. The Kier molecular flexibility index (Phi) is 5.83. The third-order valence-corrected chi connectivity index (χ3v) is 4.45. The number of methoxy groups -OCH3 is 1. The molecule has 0 fully saturated rings. The maximum atomic E-state index is 11.5. The van der Waals surface area contributed by atoms with Crippen molar-refractivity contribution in [2.45, 2.75) is 6.92 Å². The number of hydrogen-bond acceptors (Lipinski definition) is 6. The van der Waals surface area contributed by atoms with E-state index in [-0.39, 0.29) is 5.97 Å². The maximum Gasteiger partial charge on any atom is 0.337 e. The lowest BCUT2D eigenvalue weighted by atomic mass is 10.1. The van der Waals surface area contributed by atoms with Gasteiger partial charge in [0.15, 0.2) is 5.76 Å². The second kappa shape index (κ2) is 8.46. The summed E-state index contributed by atoms with van der Waals surface area (Å²) in [5.41, 5.74) is 3.12. The summed E-state index contributed by atoms with van der Waals surface area (Å²) in [5, 5.41) is 6.52. The number of ether oxygens (including phenoxy) is 1. The van der Waals surface area contributed by atoms with Gasteiger partial charge >= 0.3 is 5.97 Å². The van der Waals surface area contributed by atoms with Crippen LogP contribution in [-0.4, -0.2) is 30.5 Å². The molecule has 6 nitrogen and oxygen atoms in total. The number of furan rings is 1. The lowest BCUT2D eigenvalue weighted by Gasteiger charge is -2.02. The Morgan fingerprint density at radius 2 is 2.11 bits per heavy atom. The van der Waals surface area contributed by atoms with Crippen LogP contribution in [-0.2, 0) is 4.74 Å². The zero-order chi connectivity index (χ0) is 19.2. The van der Waals surface area contributed by atoms with Gasteiger partial charge in [0, 0.05) is 5.38 Å². The zero-order valence-corrected chi connectivity index (χ0v) is 15.9.